The largest absolute Gasteiger partial charge is 0.481 e. The van der Waals surface area contributed by atoms with E-state index in [2.05, 4.69) is 10.3 Å². The Bertz CT molecular complexity index is 887. The zero-order valence-electron chi connectivity index (χ0n) is 12.1. The van der Waals surface area contributed by atoms with Gasteiger partial charge in [0.25, 0.3) is 6.01 Å². The summed E-state index contributed by atoms with van der Waals surface area (Å²) in [6.45, 7) is 1.86. The van der Waals surface area contributed by atoms with Crippen LogP contribution in [0.15, 0.2) is 34.7 Å². The van der Waals surface area contributed by atoms with E-state index >= 15 is 0 Å². The van der Waals surface area contributed by atoms with Gasteiger partial charge >= 0.3 is 5.97 Å². The number of aliphatic carboxylic acids is 1. The van der Waals surface area contributed by atoms with Crippen molar-refractivity contribution in [2.45, 2.75) is 13.3 Å². The highest BCUT2D eigenvalue weighted by molar-refractivity contribution is 6.33. The Morgan fingerprint density at radius 1 is 1.39 bits per heavy atom. The number of carboxylic acids is 1. The molecule has 7 heteroatoms. The van der Waals surface area contributed by atoms with Crippen LogP contribution in [0.4, 0.5) is 16.1 Å². The summed E-state index contributed by atoms with van der Waals surface area (Å²) in [5, 5.41) is 12.2. The summed E-state index contributed by atoms with van der Waals surface area (Å²) in [6.07, 6.45) is -0.422. The van der Waals surface area contributed by atoms with Crippen molar-refractivity contribution in [1.29, 1.82) is 0 Å². The lowest BCUT2D eigenvalue weighted by Crippen LogP contribution is -2.02. The summed E-state index contributed by atoms with van der Waals surface area (Å²) in [5.41, 5.74) is 1.75. The van der Waals surface area contributed by atoms with E-state index in [1.807, 2.05) is 19.1 Å². The molecule has 3 rings (SSSR count). The van der Waals surface area contributed by atoms with E-state index in [1.54, 1.807) is 6.07 Å². The second kappa shape index (κ2) is 5.89. The Kier molecular flexibility index (Phi) is 3.92. The molecule has 0 aliphatic heterocycles. The van der Waals surface area contributed by atoms with E-state index < -0.39 is 18.2 Å². The highest BCUT2D eigenvalue weighted by Crippen LogP contribution is 2.31. The minimum absolute atomic E-state index is 0.0432. The van der Waals surface area contributed by atoms with Gasteiger partial charge in [-0.25, -0.2) is 4.39 Å². The fraction of sp³-hybridized carbons (Fsp3) is 0.125. The Morgan fingerprint density at radius 2 is 2.17 bits per heavy atom. The van der Waals surface area contributed by atoms with E-state index in [9.17, 15) is 9.18 Å². The zero-order valence-corrected chi connectivity index (χ0v) is 12.8. The molecule has 1 aromatic heterocycles. The molecule has 2 aromatic carbocycles. The predicted molar refractivity (Wildman–Crippen MR) is 84.8 cm³/mol. The molecule has 118 valence electrons. The van der Waals surface area contributed by atoms with Crippen molar-refractivity contribution < 1.29 is 18.7 Å². The van der Waals surface area contributed by atoms with E-state index in [-0.39, 0.29) is 17.2 Å². The van der Waals surface area contributed by atoms with Crippen LogP contribution in [0.1, 0.15) is 11.1 Å². The smallest absolute Gasteiger partial charge is 0.307 e. The Balaban J connectivity index is 2.00. The number of carboxylic acid groups (broad SMARTS) is 1. The average molecular weight is 335 g/mol. The number of fused-ring (bicyclic) bond motifs is 1. The van der Waals surface area contributed by atoms with Gasteiger partial charge in [0.1, 0.15) is 5.52 Å². The molecule has 1 heterocycles. The molecule has 0 aliphatic rings. The maximum atomic E-state index is 14.3. The van der Waals surface area contributed by atoms with Crippen molar-refractivity contribution in [2.75, 3.05) is 5.32 Å². The first-order chi connectivity index (χ1) is 11.0. The van der Waals surface area contributed by atoms with Gasteiger partial charge in [-0.05, 0) is 24.6 Å². The quantitative estimate of drug-likeness (QED) is 0.744. The third-order valence-corrected chi connectivity index (χ3v) is 3.69. The van der Waals surface area contributed by atoms with Crippen molar-refractivity contribution in [3.63, 3.8) is 0 Å². The van der Waals surface area contributed by atoms with Crippen LogP contribution in [0.2, 0.25) is 5.02 Å². The van der Waals surface area contributed by atoms with Gasteiger partial charge in [0, 0.05) is 5.56 Å². The normalized spacial score (nSPS) is 10.9. The van der Waals surface area contributed by atoms with Crippen LogP contribution >= 0.6 is 11.6 Å². The zero-order chi connectivity index (χ0) is 16.6. The lowest BCUT2D eigenvalue weighted by atomic mass is 10.1. The SMILES string of the molecule is Cc1cccc(Cl)c1Nc1nc2ccc(CC(=O)O)c(F)c2o1. The molecule has 0 saturated heterocycles. The lowest BCUT2D eigenvalue weighted by molar-refractivity contribution is -0.136. The standard InChI is InChI=1S/C16H12ClFN2O3/c1-8-3-2-4-10(17)14(8)20-16-19-11-6-5-9(7-12(21)22)13(18)15(11)23-16/h2-6H,7H2,1H3,(H,19,20)(H,21,22). The predicted octanol–water partition coefficient (Wildman–Crippen LogP) is 4.30. The van der Waals surface area contributed by atoms with Gasteiger partial charge in [-0.2, -0.15) is 4.98 Å². The number of hydrogen-bond donors (Lipinski definition) is 2. The molecule has 23 heavy (non-hydrogen) atoms. The maximum Gasteiger partial charge on any atom is 0.307 e. The fourth-order valence-corrected chi connectivity index (χ4v) is 2.52. The van der Waals surface area contributed by atoms with Crippen LogP contribution in [-0.2, 0) is 11.2 Å². The maximum absolute atomic E-state index is 14.3. The third kappa shape index (κ3) is 2.98. The molecule has 5 nitrogen and oxygen atoms in total. The van der Waals surface area contributed by atoms with E-state index in [1.165, 1.54) is 12.1 Å². The van der Waals surface area contributed by atoms with Crippen molar-refractivity contribution in [3.8, 4) is 0 Å². The fourth-order valence-electron chi connectivity index (χ4n) is 2.25. The van der Waals surface area contributed by atoms with E-state index in [0.29, 0.717) is 16.2 Å². The van der Waals surface area contributed by atoms with Gasteiger partial charge in [-0.3, -0.25) is 4.79 Å². The first-order valence-corrected chi connectivity index (χ1v) is 7.15. The highest BCUT2D eigenvalue weighted by atomic mass is 35.5. The number of hydrogen-bond acceptors (Lipinski definition) is 4. The molecule has 0 bridgehead atoms. The molecular formula is C16H12ClFN2O3. The number of anilines is 2. The minimum atomic E-state index is -1.12. The van der Waals surface area contributed by atoms with Gasteiger partial charge in [-0.15, -0.1) is 0 Å². The summed E-state index contributed by atoms with van der Waals surface area (Å²) < 4.78 is 19.7. The minimum Gasteiger partial charge on any atom is -0.481 e. The lowest BCUT2D eigenvalue weighted by Gasteiger charge is -2.07. The molecule has 0 spiro atoms. The average Bonchev–Trinajstić information content (AvgIpc) is 2.89. The number of benzene rings is 2. The molecule has 0 fully saturated rings. The molecule has 0 saturated carbocycles. The van der Waals surface area contributed by atoms with Crippen LogP contribution in [0.25, 0.3) is 11.1 Å². The number of rotatable bonds is 4. The van der Waals surface area contributed by atoms with Crippen molar-refractivity contribution >= 4 is 40.4 Å². The molecule has 0 unspecified atom stereocenters. The summed E-state index contributed by atoms with van der Waals surface area (Å²) in [4.78, 5) is 14.9. The number of carbonyl (C=O) groups is 1. The van der Waals surface area contributed by atoms with Crippen molar-refractivity contribution in [3.05, 3.63) is 52.3 Å². The van der Waals surface area contributed by atoms with Crippen LogP contribution in [0, 0.1) is 12.7 Å². The van der Waals surface area contributed by atoms with Crippen LogP contribution in [0.5, 0.6) is 0 Å². The van der Waals surface area contributed by atoms with Crippen molar-refractivity contribution in [1.82, 2.24) is 4.98 Å². The molecule has 0 radical (unpaired) electrons. The van der Waals surface area contributed by atoms with Crippen LogP contribution < -0.4 is 5.32 Å². The van der Waals surface area contributed by atoms with Gasteiger partial charge in [0.2, 0.25) is 0 Å². The van der Waals surface area contributed by atoms with Crippen LogP contribution in [0.3, 0.4) is 0 Å². The first kappa shape index (κ1) is 15.3. The van der Waals surface area contributed by atoms with Gasteiger partial charge < -0.3 is 14.8 Å². The monoisotopic (exact) mass is 334 g/mol. The summed E-state index contributed by atoms with van der Waals surface area (Å²) >= 11 is 6.12. The second-order valence-electron chi connectivity index (χ2n) is 5.03. The summed E-state index contributed by atoms with van der Waals surface area (Å²) in [6, 6.07) is 8.38. The van der Waals surface area contributed by atoms with Gasteiger partial charge in [-0.1, -0.05) is 29.8 Å². The van der Waals surface area contributed by atoms with Crippen LogP contribution in [-0.4, -0.2) is 16.1 Å². The number of para-hydroxylation sites is 1. The second-order valence-corrected chi connectivity index (χ2v) is 5.44. The van der Waals surface area contributed by atoms with Gasteiger partial charge in [0.05, 0.1) is 17.1 Å². The Morgan fingerprint density at radius 3 is 2.87 bits per heavy atom. The van der Waals surface area contributed by atoms with Gasteiger partial charge in [0.15, 0.2) is 11.4 Å². The molecule has 0 aliphatic carbocycles. The number of halogens is 2. The number of oxazole rings is 1. The third-order valence-electron chi connectivity index (χ3n) is 3.37. The molecule has 0 atom stereocenters. The molecule has 2 N–H and O–H groups in total. The Hall–Kier alpha value is -2.60. The number of aryl methyl sites for hydroxylation is 1. The number of aromatic nitrogens is 1. The topological polar surface area (TPSA) is 75.4 Å². The molecule has 3 aromatic rings. The highest BCUT2D eigenvalue weighted by Gasteiger charge is 2.17. The summed E-state index contributed by atoms with van der Waals surface area (Å²) in [5.74, 6) is -1.84. The van der Waals surface area contributed by atoms with E-state index in [4.69, 9.17) is 21.1 Å². The molecular weight excluding hydrogens is 323 g/mol. The summed E-state index contributed by atoms with van der Waals surface area (Å²) in [7, 11) is 0. The van der Waals surface area contributed by atoms with Crippen molar-refractivity contribution in [2.24, 2.45) is 0 Å². The Labute approximate surface area is 135 Å². The molecule has 0 amide bonds. The van der Waals surface area contributed by atoms with E-state index in [0.717, 1.165) is 5.56 Å². The number of nitrogens with zero attached hydrogens (tertiary/aromatic N) is 1. The first-order valence-electron chi connectivity index (χ1n) is 6.77. The number of nitrogens with one attached hydrogen (secondary N) is 1.